The molecule has 2 rings (SSSR count). The van der Waals surface area contributed by atoms with Gasteiger partial charge in [-0.05, 0) is 25.6 Å². The first-order chi connectivity index (χ1) is 10.2. The molecule has 0 aliphatic carbocycles. The van der Waals surface area contributed by atoms with Gasteiger partial charge in [0.25, 0.3) is 0 Å². The normalized spacial score (nSPS) is 10.9. The maximum Gasteiger partial charge on any atom is 0.141 e. The number of methoxy groups -OCH3 is 1. The molecule has 0 saturated carbocycles. The van der Waals surface area contributed by atoms with Crippen molar-refractivity contribution in [3.63, 3.8) is 0 Å². The molecule has 0 aliphatic rings. The maximum absolute atomic E-state index is 5.94. The Morgan fingerprint density at radius 2 is 1.76 bits per heavy atom. The third-order valence-corrected chi connectivity index (χ3v) is 5.88. The fraction of sp³-hybridized carbons (Fsp3) is 0.529. The molecular formula is C17H24O2S2. The monoisotopic (exact) mass is 324 g/mol. The van der Waals surface area contributed by atoms with Crippen molar-refractivity contribution in [2.75, 3.05) is 13.7 Å². The van der Waals surface area contributed by atoms with Crippen molar-refractivity contribution < 1.29 is 9.47 Å². The molecule has 0 radical (unpaired) electrons. The van der Waals surface area contributed by atoms with Gasteiger partial charge >= 0.3 is 0 Å². The Bertz CT molecular complexity index is 569. The van der Waals surface area contributed by atoms with Crippen molar-refractivity contribution in [3.05, 3.63) is 21.9 Å². The third kappa shape index (κ3) is 3.80. The fourth-order valence-electron chi connectivity index (χ4n) is 2.32. The summed E-state index contributed by atoms with van der Waals surface area (Å²) in [6.45, 7) is 7.28. The summed E-state index contributed by atoms with van der Waals surface area (Å²) >= 11 is 3.49. The van der Waals surface area contributed by atoms with Crippen molar-refractivity contribution in [1.29, 1.82) is 0 Å². The average molecular weight is 325 g/mol. The number of hydrogen-bond acceptors (Lipinski definition) is 4. The van der Waals surface area contributed by atoms with Gasteiger partial charge in [0.15, 0.2) is 0 Å². The van der Waals surface area contributed by atoms with Gasteiger partial charge in [-0.15, -0.1) is 22.7 Å². The molecule has 0 fully saturated rings. The van der Waals surface area contributed by atoms with E-state index in [9.17, 15) is 0 Å². The number of thiophene rings is 2. The standard InChI is InChI=1S/C17H24O2S2/c1-5-6-7-8-9-19-14-11-21-16(13(14)3)17-15(18-4)12(2)10-20-17/h10-11H,5-9H2,1-4H3. The minimum atomic E-state index is 0.817. The van der Waals surface area contributed by atoms with Crippen molar-refractivity contribution in [2.45, 2.75) is 46.5 Å². The van der Waals surface area contributed by atoms with E-state index in [4.69, 9.17) is 9.47 Å². The Morgan fingerprint density at radius 3 is 2.48 bits per heavy atom. The van der Waals surface area contributed by atoms with Crippen LogP contribution in [0.5, 0.6) is 11.5 Å². The molecule has 2 aromatic rings. The van der Waals surface area contributed by atoms with Crippen LogP contribution in [-0.4, -0.2) is 13.7 Å². The summed E-state index contributed by atoms with van der Waals surface area (Å²) in [5.74, 6) is 2.03. The van der Waals surface area contributed by atoms with Crippen LogP contribution in [0, 0.1) is 13.8 Å². The second kappa shape index (κ2) is 7.85. The van der Waals surface area contributed by atoms with E-state index in [1.807, 2.05) is 0 Å². The first-order valence-electron chi connectivity index (χ1n) is 7.52. The molecule has 2 heterocycles. The van der Waals surface area contributed by atoms with Crippen LogP contribution in [-0.2, 0) is 0 Å². The number of rotatable bonds is 8. The van der Waals surface area contributed by atoms with Gasteiger partial charge < -0.3 is 9.47 Å². The summed E-state index contributed by atoms with van der Waals surface area (Å²) in [5.41, 5.74) is 2.43. The van der Waals surface area contributed by atoms with Crippen LogP contribution in [0.2, 0.25) is 0 Å². The zero-order chi connectivity index (χ0) is 15.2. The SMILES string of the molecule is CCCCCCOc1csc(-c2scc(C)c2OC)c1C. The van der Waals surface area contributed by atoms with E-state index >= 15 is 0 Å². The third-order valence-electron chi connectivity index (χ3n) is 3.58. The van der Waals surface area contributed by atoms with Crippen molar-refractivity contribution in [3.8, 4) is 21.3 Å². The molecule has 0 atom stereocenters. The topological polar surface area (TPSA) is 18.5 Å². The first kappa shape index (κ1) is 16.4. The predicted molar refractivity (Wildman–Crippen MR) is 93.3 cm³/mol. The lowest BCUT2D eigenvalue weighted by atomic mass is 10.2. The van der Waals surface area contributed by atoms with Crippen LogP contribution in [0.15, 0.2) is 10.8 Å². The van der Waals surface area contributed by atoms with Crippen molar-refractivity contribution in [1.82, 2.24) is 0 Å². The summed E-state index contributed by atoms with van der Waals surface area (Å²) in [4.78, 5) is 2.49. The Kier molecular flexibility index (Phi) is 6.12. The maximum atomic E-state index is 5.94. The summed E-state index contributed by atoms with van der Waals surface area (Å²) < 4.78 is 11.5. The summed E-state index contributed by atoms with van der Waals surface area (Å²) in [6, 6.07) is 0. The van der Waals surface area contributed by atoms with E-state index in [-0.39, 0.29) is 0 Å². The van der Waals surface area contributed by atoms with Crippen molar-refractivity contribution >= 4 is 22.7 Å². The molecule has 2 nitrogen and oxygen atoms in total. The molecule has 0 spiro atoms. The van der Waals surface area contributed by atoms with Gasteiger partial charge in [0.2, 0.25) is 0 Å². The lowest BCUT2D eigenvalue weighted by Crippen LogP contribution is -1.97. The number of aryl methyl sites for hydroxylation is 1. The molecule has 0 aliphatic heterocycles. The molecule has 0 N–H and O–H groups in total. The quantitative estimate of drug-likeness (QED) is 0.549. The fourth-order valence-corrected chi connectivity index (χ4v) is 4.57. The zero-order valence-electron chi connectivity index (χ0n) is 13.3. The van der Waals surface area contributed by atoms with E-state index in [2.05, 4.69) is 31.5 Å². The highest BCUT2D eigenvalue weighted by Crippen LogP contribution is 2.45. The average Bonchev–Trinajstić information content (AvgIpc) is 3.02. The molecule has 116 valence electrons. The Hall–Kier alpha value is -1.00. The van der Waals surface area contributed by atoms with Gasteiger partial charge in [0.05, 0.1) is 23.5 Å². The van der Waals surface area contributed by atoms with Crippen molar-refractivity contribution in [2.24, 2.45) is 0 Å². The summed E-state index contributed by atoms with van der Waals surface area (Å²) in [7, 11) is 1.74. The highest BCUT2D eigenvalue weighted by molar-refractivity contribution is 7.21. The molecule has 0 saturated heterocycles. The van der Waals surface area contributed by atoms with E-state index in [0.29, 0.717) is 0 Å². The van der Waals surface area contributed by atoms with Gasteiger partial charge in [-0.3, -0.25) is 0 Å². The molecule has 0 unspecified atom stereocenters. The Morgan fingerprint density at radius 1 is 1.00 bits per heavy atom. The summed E-state index contributed by atoms with van der Waals surface area (Å²) in [6.07, 6.45) is 4.95. The van der Waals surface area contributed by atoms with Gasteiger partial charge in [0, 0.05) is 16.5 Å². The molecule has 0 amide bonds. The van der Waals surface area contributed by atoms with Gasteiger partial charge in [-0.2, -0.15) is 0 Å². The minimum Gasteiger partial charge on any atom is -0.495 e. The highest BCUT2D eigenvalue weighted by atomic mass is 32.1. The van der Waals surface area contributed by atoms with Crippen LogP contribution in [0.4, 0.5) is 0 Å². The van der Waals surface area contributed by atoms with Crippen LogP contribution >= 0.6 is 22.7 Å². The molecule has 21 heavy (non-hydrogen) atoms. The van der Waals surface area contributed by atoms with Crippen LogP contribution in [0.1, 0.15) is 43.7 Å². The molecular weight excluding hydrogens is 300 g/mol. The smallest absolute Gasteiger partial charge is 0.141 e. The second-order valence-electron chi connectivity index (χ2n) is 5.24. The predicted octanol–water partition coefficient (Wildman–Crippen LogP) is 6.06. The van der Waals surface area contributed by atoms with Crippen LogP contribution in [0.25, 0.3) is 9.75 Å². The number of hydrogen-bond donors (Lipinski definition) is 0. The second-order valence-corrected chi connectivity index (χ2v) is 7.00. The van der Waals surface area contributed by atoms with Crippen LogP contribution in [0.3, 0.4) is 0 Å². The first-order valence-corrected chi connectivity index (χ1v) is 9.28. The highest BCUT2D eigenvalue weighted by Gasteiger charge is 2.17. The summed E-state index contributed by atoms with van der Waals surface area (Å²) in [5, 5.41) is 4.28. The largest absolute Gasteiger partial charge is 0.495 e. The zero-order valence-corrected chi connectivity index (χ0v) is 15.0. The van der Waals surface area contributed by atoms with E-state index in [0.717, 1.165) is 24.5 Å². The molecule has 0 bridgehead atoms. The van der Waals surface area contributed by atoms with Gasteiger partial charge in [0.1, 0.15) is 11.5 Å². The molecule has 0 aromatic carbocycles. The Balaban J connectivity index is 2.06. The molecule has 4 heteroatoms. The lowest BCUT2D eigenvalue weighted by molar-refractivity contribution is 0.304. The number of unbranched alkanes of at least 4 members (excludes halogenated alkanes) is 3. The number of ether oxygens (including phenoxy) is 2. The van der Waals surface area contributed by atoms with Gasteiger partial charge in [-0.25, -0.2) is 0 Å². The Labute approximate surface area is 135 Å². The van der Waals surface area contributed by atoms with E-state index < -0.39 is 0 Å². The minimum absolute atomic E-state index is 0.817. The van der Waals surface area contributed by atoms with E-state index in [1.54, 1.807) is 29.8 Å². The van der Waals surface area contributed by atoms with E-state index in [1.165, 1.54) is 40.1 Å². The van der Waals surface area contributed by atoms with Crippen LogP contribution < -0.4 is 9.47 Å². The lowest BCUT2D eigenvalue weighted by Gasteiger charge is -2.06. The molecule has 2 aromatic heterocycles. The van der Waals surface area contributed by atoms with Gasteiger partial charge in [-0.1, -0.05) is 26.2 Å².